The maximum Gasteiger partial charge on any atom is 0.309 e. The largest absolute Gasteiger partial charge is 0.481 e. The molecular formula is C8H15NO4. The molecule has 1 saturated heterocycles. The van der Waals surface area contributed by atoms with E-state index < -0.39 is 12.1 Å². The van der Waals surface area contributed by atoms with Crippen molar-refractivity contribution in [3.63, 3.8) is 0 Å². The number of methoxy groups -OCH3 is 1. The molecule has 5 nitrogen and oxygen atoms in total. The first-order valence-corrected chi connectivity index (χ1v) is 4.25. The highest BCUT2D eigenvalue weighted by Gasteiger charge is 2.33. The van der Waals surface area contributed by atoms with Gasteiger partial charge in [-0.05, 0) is 0 Å². The molecule has 1 fully saturated rings. The van der Waals surface area contributed by atoms with Crippen LogP contribution in [0.5, 0.6) is 0 Å². The Bertz CT molecular complexity index is 179. The number of aliphatic carboxylic acids is 1. The maximum absolute atomic E-state index is 10.4. The van der Waals surface area contributed by atoms with Crippen LogP contribution in [0.15, 0.2) is 0 Å². The molecule has 0 spiro atoms. The number of β-amino-alcohol motifs (C(OH)–C–C–N with tert-alkyl or cyclic N) is 1. The second-order valence-electron chi connectivity index (χ2n) is 3.36. The number of rotatable bonds is 5. The molecule has 0 amide bonds. The summed E-state index contributed by atoms with van der Waals surface area (Å²) in [6, 6.07) is 0. The highest BCUT2D eigenvalue weighted by molar-refractivity contribution is 5.71. The minimum Gasteiger partial charge on any atom is -0.481 e. The van der Waals surface area contributed by atoms with Gasteiger partial charge < -0.3 is 14.9 Å². The number of ether oxygens (including phenoxy) is 1. The average Bonchev–Trinajstić information content (AvgIpc) is 1.95. The number of aliphatic hydroxyl groups is 1. The Hall–Kier alpha value is -0.650. The molecule has 1 rings (SSSR count). The first kappa shape index (κ1) is 10.4. The van der Waals surface area contributed by atoms with Crippen molar-refractivity contribution in [1.29, 1.82) is 0 Å². The number of nitrogens with zero attached hydrogens (tertiary/aromatic N) is 1. The van der Waals surface area contributed by atoms with Gasteiger partial charge in [0.15, 0.2) is 0 Å². The number of likely N-dealkylation sites (tertiary alicyclic amines) is 1. The lowest BCUT2D eigenvalue weighted by molar-refractivity contribution is -0.148. The van der Waals surface area contributed by atoms with E-state index >= 15 is 0 Å². The molecule has 1 aliphatic rings. The Labute approximate surface area is 76.9 Å². The van der Waals surface area contributed by atoms with Gasteiger partial charge in [0.2, 0.25) is 0 Å². The molecule has 0 aliphatic carbocycles. The van der Waals surface area contributed by atoms with Crippen LogP contribution in [0, 0.1) is 5.92 Å². The molecule has 1 unspecified atom stereocenters. The van der Waals surface area contributed by atoms with E-state index in [0.717, 1.165) is 0 Å². The van der Waals surface area contributed by atoms with Gasteiger partial charge in [0.1, 0.15) is 0 Å². The summed E-state index contributed by atoms with van der Waals surface area (Å²) in [6.45, 7) is 1.87. The molecule has 1 heterocycles. The van der Waals surface area contributed by atoms with E-state index in [9.17, 15) is 9.90 Å². The van der Waals surface area contributed by atoms with Crippen molar-refractivity contribution in [2.75, 3.05) is 33.4 Å². The zero-order chi connectivity index (χ0) is 9.84. The van der Waals surface area contributed by atoms with Crippen LogP contribution >= 0.6 is 0 Å². The van der Waals surface area contributed by atoms with Gasteiger partial charge in [-0.25, -0.2) is 0 Å². The summed E-state index contributed by atoms with van der Waals surface area (Å²) >= 11 is 0. The molecule has 0 bridgehead atoms. The minimum atomic E-state index is -0.752. The van der Waals surface area contributed by atoms with Gasteiger partial charge in [0.25, 0.3) is 0 Å². The Kier molecular flexibility index (Phi) is 3.65. The van der Waals surface area contributed by atoms with Gasteiger partial charge in [0.05, 0.1) is 18.6 Å². The average molecular weight is 189 g/mol. The lowest BCUT2D eigenvalue weighted by Crippen LogP contribution is -2.53. The Balaban J connectivity index is 2.10. The summed E-state index contributed by atoms with van der Waals surface area (Å²) in [7, 11) is 1.53. The van der Waals surface area contributed by atoms with Crippen LogP contribution in [0.25, 0.3) is 0 Å². The summed E-state index contributed by atoms with van der Waals surface area (Å²) in [6.07, 6.45) is -0.514. The molecule has 0 radical (unpaired) electrons. The molecule has 0 aromatic carbocycles. The Morgan fingerprint density at radius 1 is 1.69 bits per heavy atom. The quantitative estimate of drug-likeness (QED) is 0.581. The first-order chi connectivity index (χ1) is 6.13. The van der Waals surface area contributed by atoms with Crippen LogP contribution in [0.1, 0.15) is 0 Å². The first-order valence-electron chi connectivity index (χ1n) is 4.25. The summed E-state index contributed by atoms with van der Waals surface area (Å²) in [4.78, 5) is 12.3. The van der Waals surface area contributed by atoms with Gasteiger partial charge >= 0.3 is 5.97 Å². The molecule has 13 heavy (non-hydrogen) atoms. The lowest BCUT2D eigenvalue weighted by atomic mass is 10.0. The Morgan fingerprint density at radius 2 is 2.31 bits per heavy atom. The summed E-state index contributed by atoms with van der Waals surface area (Å²) in [5.74, 6) is -1.01. The molecule has 5 heteroatoms. The molecular weight excluding hydrogens is 174 g/mol. The van der Waals surface area contributed by atoms with E-state index in [2.05, 4.69) is 0 Å². The van der Waals surface area contributed by atoms with Crippen molar-refractivity contribution in [2.45, 2.75) is 6.10 Å². The fourth-order valence-corrected chi connectivity index (χ4v) is 1.42. The van der Waals surface area contributed by atoms with E-state index in [1.54, 1.807) is 0 Å². The van der Waals surface area contributed by atoms with Crippen molar-refractivity contribution in [2.24, 2.45) is 5.92 Å². The van der Waals surface area contributed by atoms with Crippen LogP contribution in [-0.2, 0) is 9.53 Å². The number of hydrogen-bond donors (Lipinski definition) is 2. The van der Waals surface area contributed by atoms with Crippen LogP contribution in [0.4, 0.5) is 0 Å². The topological polar surface area (TPSA) is 70.0 Å². The molecule has 0 aromatic rings. The van der Waals surface area contributed by atoms with Crippen LogP contribution in [0.2, 0.25) is 0 Å². The molecule has 1 atom stereocenters. The normalized spacial score (nSPS) is 21.1. The fourth-order valence-electron chi connectivity index (χ4n) is 1.42. The second kappa shape index (κ2) is 4.55. The summed E-state index contributed by atoms with van der Waals surface area (Å²) in [5.41, 5.74) is 0. The number of aliphatic hydroxyl groups excluding tert-OH is 1. The summed E-state index contributed by atoms with van der Waals surface area (Å²) < 4.78 is 4.75. The van der Waals surface area contributed by atoms with Crippen molar-refractivity contribution in [1.82, 2.24) is 4.90 Å². The van der Waals surface area contributed by atoms with Crippen molar-refractivity contribution in [3.8, 4) is 0 Å². The number of carbonyl (C=O) groups is 1. The van der Waals surface area contributed by atoms with E-state index in [1.807, 2.05) is 4.90 Å². The van der Waals surface area contributed by atoms with Gasteiger partial charge in [-0.15, -0.1) is 0 Å². The zero-order valence-electron chi connectivity index (χ0n) is 7.64. The van der Waals surface area contributed by atoms with Gasteiger partial charge in [0, 0.05) is 26.7 Å². The molecule has 76 valence electrons. The van der Waals surface area contributed by atoms with Gasteiger partial charge in [-0.2, -0.15) is 0 Å². The van der Waals surface area contributed by atoms with Crippen LogP contribution < -0.4 is 0 Å². The SMILES string of the molecule is COCC(O)CN1CC(C(=O)O)C1. The van der Waals surface area contributed by atoms with E-state index in [1.165, 1.54) is 7.11 Å². The van der Waals surface area contributed by atoms with Crippen molar-refractivity contribution < 1.29 is 19.7 Å². The minimum absolute atomic E-state index is 0.255. The smallest absolute Gasteiger partial charge is 0.309 e. The van der Waals surface area contributed by atoms with Gasteiger partial charge in [-0.1, -0.05) is 0 Å². The number of carboxylic acids is 1. The van der Waals surface area contributed by atoms with Crippen molar-refractivity contribution in [3.05, 3.63) is 0 Å². The van der Waals surface area contributed by atoms with Gasteiger partial charge in [-0.3, -0.25) is 9.69 Å². The predicted molar refractivity (Wildman–Crippen MR) is 45.4 cm³/mol. The Morgan fingerprint density at radius 3 is 2.77 bits per heavy atom. The fraction of sp³-hybridized carbons (Fsp3) is 0.875. The lowest BCUT2D eigenvalue weighted by Gasteiger charge is -2.37. The monoisotopic (exact) mass is 189 g/mol. The third-order valence-electron chi connectivity index (χ3n) is 2.13. The highest BCUT2D eigenvalue weighted by Crippen LogP contribution is 2.15. The zero-order valence-corrected chi connectivity index (χ0v) is 7.64. The molecule has 0 aromatic heterocycles. The third kappa shape index (κ3) is 2.95. The van der Waals surface area contributed by atoms with E-state index in [4.69, 9.17) is 9.84 Å². The molecule has 0 saturated carbocycles. The highest BCUT2D eigenvalue weighted by atomic mass is 16.5. The maximum atomic E-state index is 10.4. The third-order valence-corrected chi connectivity index (χ3v) is 2.13. The van der Waals surface area contributed by atoms with Crippen molar-refractivity contribution >= 4 is 5.97 Å². The van der Waals surface area contributed by atoms with E-state index in [-0.39, 0.29) is 5.92 Å². The number of carboxylic acid groups (broad SMARTS) is 1. The number of hydrogen-bond acceptors (Lipinski definition) is 4. The predicted octanol–water partition coefficient (Wildman–Crippen LogP) is -0.990. The second-order valence-corrected chi connectivity index (χ2v) is 3.36. The standard InChI is InChI=1S/C8H15NO4/c1-13-5-7(10)4-9-2-6(3-9)8(11)12/h6-7,10H,2-5H2,1H3,(H,11,12). The van der Waals surface area contributed by atoms with Crippen LogP contribution in [0.3, 0.4) is 0 Å². The molecule has 1 aliphatic heterocycles. The molecule has 2 N–H and O–H groups in total. The van der Waals surface area contributed by atoms with Crippen LogP contribution in [-0.4, -0.2) is 60.5 Å². The van der Waals surface area contributed by atoms with E-state index in [0.29, 0.717) is 26.2 Å². The summed E-state index contributed by atoms with van der Waals surface area (Å²) in [5, 5.41) is 17.9.